The summed E-state index contributed by atoms with van der Waals surface area (Å²) in [5, 5.41) is 0.661. The Morgan fingerprint density at radius 1 is 1.06 bits per heavy atom. The molecule has 0 atom stereocenters. The van der Waals surface area contributed by atoms with Gasteiger partial charge in [0.25, 0.3) is 11.5 Å². The van der Waals surface area contributed by atoms with E-state index in [1.165, 1.54) is 5.56 Å². The van der Waals surface area contributed by atoms with Crippen molar-refractivity contribution in [2.24, 2.45) is 0 Å². The number of carbonyl (C=O) groups is 1. The van der Waals surface area contributed by atoms with Crippen LogP contribution in [0.5, 0.6) is 0 Å². The maximum absolute atomic E-state index is 13.0. The summed E-state index contributed by atoms with van der Waals surface area (Å²) < 4.78 is 5.47. The van der Waals surface area contributed by atoms with Gasteiger partial charge >= 0.3 is 0 Å². The van der Waals surface area contributed by atoms with Crippen molar-refractivity contribution < 1.29 is 9.21 Å². The summed E-state index contributed by atoms with van der Waals surface area (Å²) in [5.74, 6) is 1.70. The highest BCUT2D eigenvalue weighted by molar-refractivity contribution is 7.19. The van der Waals surface area contributed by atoms with Crippen molar-refractivity contribution in [1.82, 2.24) is 19.8 Å². The second-order valence-corrected chi connectivity index (χ2v) is 9.77. The van der Waals surface area contributed by atoms with E-state index in [1.54, 1.807) is 23.5 Å². The number of carbonyl (C=O) groups excluding carboxylic acids is 1. The molecule has 0 aliphatic carbocycles. The largest absolute Gasteiger partial charge is 0.456 e. The van der Waals surface area contributed by atoms with Gasteiger partial charge in [-0.05, 0) is 38.5 Å². The molecule has 7 nitrogen and oxygen atoms in total. The molecular weight excluding hydrogens is 436 g/mol. The van der Waals surface area contributed by atoms with E-state index in [-0.39, 0.29) is 11.5 Å². The molecule has 4 aromatic rings. The Hall–Kier alpha value is -3.23. The first-order valence-electron chi connectivity index (χ1n) is 11.1. The number of nitrogens with one attached hydrogen (secondary N) is 1. The molecule has 1 aliphatic rings. The van der Waals surface area contributed by atoms with Gasteiger partial charge in [-0.1, -0.05) is 29.8 Å². The lowest BCUT2D eigenvalue weighted by atomic mass is 10.0. The summed E-state index contributed by atoms with van der Waals surface area (Å²) in [6, 6.07) is 11.8. The Morgan fingerprint density at radius 2 is 1.79 bits per heavy atom. The van der Waals surface area contributed by atoms with Gasteiger partial charge in [-0.15, -0.1) is 11.3 Å². The molecule has 1 fully saturated rings. The molecule has 5 rings (SSSR count). The van der Waals surface area contributed by atoms with Crippen LogP contribution in [0.3, 0.4) is 0 Å². The van der Waals surface area contributed by atoms with Gasteiger partial charge in [0.2, 0.25) is 0 Å². The fourth-order valence-electron chi connectivity index (χ4n) is 4.33. The summed E-state index contributed by atoms with van der Waals surface area (Å²) in [7, 11) is 0. The van der Waals surface area contributed by atoms with E-state index in [9.17, 15) is 9.59 Å². The smallest absolute Gasteiger partial charge is 0.289 e. The number of benzene rings is 1. The average Bonchev–Trinajstić information content (AvgIpc) is 3.37. The number of furan rings is 1. The lowest BCUT2D eigenvalue weighted by Crippen LogP contribution is -2.48. The molecular formula is C25H26N4O3S. The van der Waals surface area contributed by atoms with Crippen LogP contribution in [0.25, 0.3) is 21.3 Å². The number of fused-ring (bicyclic) bond motifs is 1. The minimum atomic E-state index is -0.100. The molecule has 0 spiro atoms. The molecule has 170 valence electrons. The Bertz CT molecular complexity index is 1380. The SMILES string of the molecule is Cc1ccc(-c2c(C)sc3nc(CN4CCN(C(=O)c5ccc(C)o5)CC4)[nH]c(=O)c23)cc1. The van der Waals surface area contributed by atoms with E-state index in [4.69, 9.17) is 9.40 Å². The number of hydrogen-bond donors (Lipinski definition) is 1. The van der Waals surface area contributed by atoms with Crippen molar-refractivity contribution in [1.29, 1.82) is 0 Å². The van der Waals surface area contributed by atoms with Gasteiger partial charge in [0, 0.05) is 36.6 Å². The number of hydrogen-bond acceptors (Lipinski definition) is 6. The van der Waals surface area contributed by atoms with Crippen molar-refractivity contribution in [3.8, 4) is 11.1 Å². The number of piperazine rings is 1. The van der Waals surface area contributed by atoms with Crippen molar-refractivity contribution in [3.05, 3.63) is 74.5 Å². The monoisotopic (exact) mass is 462 g/mol. The van der Waals surface area contributed by atoms with Crippen LogP contribution in [0.2, 0.25) is 0 Å². The highest BCUT2D eigenvalue weighted by Gasteiger charge is 2.25. The Labute approximate surface area is 195 Å². The second-order valence-electron chi connectivity index (χ2n) is 8.57. The predicted molar refractivity (Wildman–Crippen MR) is 130 cm³/mol. The minimum Gasteiger partial charge on any atom is -0.456 e. The fourth-order valence-corrected chi connectivity index (χ4v) is 5.40. The third kappa shape index (κ3) is 4.24. The van der Waals surface area contributed by atoms with Gasteiger partial charge in [-0.2, -0.15) is 0 Å². The minimum absolute atomic E-state index is 0.0756. The third-order valence-electron chi connectivity index (χ3n) is 6.11. The van der Waals surface area contributed by atoms with Crippen LogP contribution in [0.15, 0.2) is 45.6 Å². The van der Waals surface area contributed by atoms with E-state index >= 15 is 0 Å². The van der Waals surface area contributed by atoms with Crippen molar-refractivity contribution in [2.75, 3.05) is 26.2 Å². The molecule has 0 unspecified atom stereocenters. The van der Waals surface area contributed by atoms with Gasteiger partial charge in [0.1, 0.15) is 16.4 Å². The highest BCUT2D eigenvalue weighted by Crippen LogP contribution is 2.35. The van der Waals surface area contributed by atoms with E-state index < -0.39 is 0 Å². The summed E-state index contributed by atoms with van der Waals surface area (Å²) in [4.78, 5) is 39.3. The number of aromatic amines is 1. The molecule has 0 radical (unpaired) electrons. The third-order valence-corrected chi connectivity index (χ3v) is 7.11. The Kier molecular flexibility index (Phi) is 5.64. The summed E-state index contributed by atoms with van der Waals surface area (Å²) in [6.45, 7) is 9.12. The molecule has 0 saturated carbocycles. The zero-order chi connectivity index (χ0) is 23.1. The molecule has 4 heterocycles. The topological polar surface area (TPSA) is 82.4 Å². The first-order valence-corrected chi connectivity index (χ1v) is 11.9. The number of thiophene rings is 1. The highest BCUT2D eigenvalue weighted by atomic mass is 32.1. The number of rotatable bonds is 4. The number of nitrogens with zero attached hydrogens (tertiary/aromatic N) is 3. The lowest BCUT2D eigenvalue weighted by molar-refractivity contribution is 0.0593. The normalized spacial score (nSPS) is 14.8. The van der Waals surface area contributed by atoms with Crippen LogP contribution in [0.4, 0.5) is 0 Å². The van der Waals surface area contributed by atoms with Crippen molar-refractivity contribution >= 4 is 27.5 Å². The number of aromatic nitrogens is 2. The maximum Gasteiger partial charge on any atom is 0.289 e. The van der Waals surface area contributed by atoms with Gasteiger partial charge in [0.05, 0.1) is 11.9 Å². The van der Waals surface area contributed by atoms with Crippen LogP contribution in [-0.2, 0) is 6.54 Å². The van der Waals surface area contributed by atoms with Crippen LogP contribution < -0.4 is 5.56 Å². The molecule has 1 aromatic carbocycles. The van der Waals surface area contributed by atoms with Crippen molar-refractivity contribution in [3.63, 3.8) is 0 Å². The number of amides is 1. The summed E-state index contributed by atoms with van der Waals surface area (Å²) in [6.07, 6.45) is 0. The Morgan fingerprint density at radius 3 is 2.45 bits per heavy atom. The molecule has 8 heteroatoms. The molecule has 3 aromatic heterocycles. The van der Waals surface area contributed by atoms with Gasteiger partial charge in [-0.25, -0.2) is 4.98 Å². The quantitative estimate of drug-likeness (QED) is 0.493. The van der Waals surface area contributed by atoms with Gasteiger partial charge < -0.3 is 14.3 Å². The van der Waals surface area contributed by atoms with Gasteiger partial charge in [0.15, 0.2) is 5.76 Å². The first-order chi connectivity index (χ1) is 15.9. The van der Waals surface area contributed by atoms with E-state index in [1.807, 2.05) is 18.7 Å². The maximum atomic E-state index is 13.0. The van der Waals surface area contributed by atoms with Crippen LogP contribution in [0.1, 0.15) is 32.6 Å². The summed E-state index contributed by atoms with van der Waals surface area (Å²) in [5.41, 5.74) is 3.09. The molecule has 0 bridgehead atoms. The fraction of sp³-hybridized carbons (Fsp3) is 0.320. The molecule has 1 aliphatic heterocycles. The molecule has 1 saturated heterocycles. The lowest BCUT2D eigenvalue weighted by Gasteiger charge is -2.33. The number of H-pyrrole nitrogens is 1. The van der Waals surface area contributed by atoms with E-state index in [0.29, 0.717) is 49.7 Å². The second kappa shape index (κ2) is 8.61. The molecule has 33 heavy (non-hydrogen) atoms. The zero-order valence-corrected chi connectivity index (χ0v) is 19.8. The number of aryl methyl sites for hydroxylation is 3. The molecule has 1 N–H and O–H groups in total. The summed E-state index contributed by atoms with van der Waals surface area (Å²) >= 11 is 1.56. The zero-order valence-electron chi connectivity index (χ0n) is 19.0. The standard InChI is InChI=1S/C25H26N4O3S/c1-15-4-7-18(8-5-15)21-17(3)33-24-22(21)23(30)26-20(27-24)14-28-10-12-29(13-11-28)25(31)19-9-6-16(2)32-19/h4-9H,10-14H2,1-3H3,(H,26,27,30). The van der Waals surface area contributed by atoms with E-state index in [2.05, 4.69) is 41.1 Å². The predicted octanol–water partition coefficient (Wildman–Crippen LogP) is 4.13. The van der Waals surface area contributed by atoms with Crippen LogP contribution in [-0.4, -0.2) is 51.9 Å². The van der Waals surface area contributed by atoms with Crippen LogP contribution in [0, 0.1) is 20.8 Å². The Balaban J connectivity index is 1.32. The van der Waals surface area contributed by atoms with Crippen molar-refractivity contribution in [2.45, 2.75) is 27.3 Å². The first kappa shape index (κ1) is 21.6. The van der Waals surface area contributed by atoms with Crippen LogP contribution >= 0.6 is 11.3 Å². The molecule has 1 amide bonds. The average molecular weight is 463 g/mol. The van der Waals surface area contributed by atoms with Gasteiger partial charge in [-0.3, -0.25) is 14.5 Å². The van der Waals surface area contributed by atoms with E-state index in [0.717, 1.165) is 26.6 Å².